The first-order chi connectivity index (χ1) is 28.7. The van der Waals surface area contributed by atoms with Gasteiger partial charge >= 0.3 is 0 Å². The van der Waals surface area contributed by atoms with E-state index in [1.54, 1.807) is 6.33 Å². The summed E-state index contributed by atoms with van der Waals surface area (Å²) in [5.41, 5.74) is 15.4. The SMILES string of the molecule is c1ccc2c(c1)c1ncccc1n2-c1ccc2oc3ccc(-c4cncnc4-c4ccc5oc6ccc(-n7c8ccccc8c8ncccc87)cc6c5c4)cc3c2c1. The number of hydrogen-bond acceptors (Lipinski definition) is 6. The molecule has 0 bridgehead atoms. The van der Waals surface area contributed by atoms with Crippen LogP contribution in [0.25, 0.3) is 122 Å². The van der Waals surface area contributed by atoms with Gasteiger partial charge in [0.25, 0.3) is 0 Å². The Bertz CT molecular complexity index is 3470. The maximum absolute atomic E-state index is 6.40. The molecule has 8 heteroatoms. The molecule has 0 aliphatic carbocycles. The van der Waals surface area contributed by atoms with E-state index < -0.39 is 0 Å². The molecule has 7 aromatic heterocycles. The fourth-order valence-electron chi connectivity index (χ4n) is 9.02. The van der Waals surface area contributed by atoms with E-state index in [9.17, 15) is 0 Å². The Balaban J connectivity index is 0.948. The van der Waals surface area contributed by atoms with Crippen LogP contribution in [0.3, 0.4) is 0 Å². The van der Waals surface area contributed by atoms with Crippen molar-refractivity contribution in [2.24, 2.45) is 0 Å². The van der Waals surface area contributed by atoms with E-state index in [1.165, 1.54) is 0 Å². The highest BCUT2D eigenvalue weighted by molar-refractivity contribution is 6.12. The molecule has 6 aromatic carbocycles. The Morgan fingerprint density at radius 2 is 0.879 bits per heavy atom. The van der Waals surface area contributed by atoms with Gasteiger partial charge in [-0.3, -0.25) is 9.97 Å². The summed E-state index contributed by atoms with van der Waals surface area (Å²) in [6, 6.07) is 50.5. The number of furan rings is 2. The van der Waals surface area contributed by atoms with Gasteiger partial charge in [-0.1, -0.05) is 42.5 Å². The third kappa shape index (κ3) is 4.39. The van der Waals surface area contributed by atoms with Crippen LogP contribution in [0.5, 0.6) is 0 Å². The van der Waals surface area contributed by atoms with Crippen molar-refractivity contribution in [3.63, 3.8) is 0 Å². The number of para-hydroxylation sites is 2. The lowest BCUT2D eigenvalue weighted by Gasteiger charge is -2.09. The summed E-state index contributed by atoms with van der Waals surface area (Å²) < 4.78 is 17.4. The second kappa shape index (κ2) is 11.7. The smallest absolute Gasteiger partial charge is 0.135 e. The minimum atomic E-state index is 0.816. The normalized spacial score (nSPS) is 12.1. The van der Waals surface area contributed by atoms with Crippen LogP contribution in [0.4, 0.5) is 0 Å². The van der Waals surface area contributed by atoms with E-state index in [2.05, 4.69) is 135 Å². The van der Waals surface area contributed by atoms with Gasteiger partial charge in [-0.2, -0.15) is 0 Å². The van der Waals surface area contributed by atoms with E-state index in [0.29, 0.717) is 0 Å². The summed E-state index contributed by atoms with van der Waals surface area (Å²) in [7, 11) is 0. The van der Waals surface area contributed by atoms with E-state index >= 15 is 0 Å². The molecule has 0 aliphatic rings. The summed E-state index contributed by atoms with van der Waals surface area (Å²) in [5, 5.41) is 6.34. The Morgan fingerprint density at radius 1 is 0.397 bits per heavy atom. The van der Waals surface area contributed by atoms with Crippen LogP contribution in [0.1, 0.15) is 0 Å². The number of nitrogens with zero attached hydrogens (tertiary/aromatic N) is 6. The average Bonchev–Trinajstić information content (AvgIpc) is 4.03. The summed E-state index contributed by atoms with van der Waals surface area (Å²) >= 11 is 0. The molecular formula is C50H28N6O2. The number of aromatic nitrogens is 6. The molecule has 0 saturated heterocycles. The molecule has 270 valence electrons. The van der Waals surface area contributed by atoms with E-state index in [-0.39, 0.29) is 0 Å². The predicted molar refractivity (Wildman–Crippen MR) is 232 cm³/mol. The molecule has 0 N–H and O–H groups in total. The molecule has 58 heavy (non-hydrogen) atoms. The van der Waals surface area contributed by atoms with Crippen LogP contribution in [-0.2, 0) is 0 Å². The van der Waals surface area contributed by atoms with Crippen molar-refractivity contribution >= 4 is 87.7 Å². The third-order valence-corrected chi connectivity index (χ3v) is 11.6. The first-order valence-electron chi connectivity index (χ1n) is 19.2. The molecule has 0 fully saturated rings. The molecule has 0 unspecified atom stereocenters. The Hall–Kier alpha value is -8.10. The molecule has 7 heterocycles. The second-order valence-corrected chi connectivity index (χ2v) is 14.7. The van der Waals surface area contributed by atoms with Crippen molar-refractivity contribution in [1.29, 1.82) is 0 Å². The first kappa shape index (κ1) is 31.1. The highest BCUT2D eigenvalue weighted by Gasteiger charge is 2.19. The quantitative estimate of drug-likeness (QED) is 0.178. The topological polar surface area (TPSA) is 87.7 Å². The zero-order chi connectivity index (χ0) is 37.9. The van der Waals surface area contributed by atoms with Crippen molar-refractivity contribution in [2.45, 2.75) is 0 Å². The largest absolute Gasteiger partial charge is 0.456 e. The summed E-state index contributed by atoms with van der Waals surface area (Å²) in [5.74, 6) is 0. The summed E-state index contributed by atoms with van der Waals surface area (Å²) in [4.78, 5) is 18.9. The van der Waals surface area contributed by atoms with Gasteiger partial charge in [0, 0.05) is 73.4 Å². The summed E-state index contributed by atoms with van der Waals surface area (Å²) in [6.45, 7) is 0. The number of hydrogen-bond donors (Lipinski definition) is 0. The lowest BCUT2D eigenvalue weighted by atomic mass is 9.98. The molecule has 0 spiro atoms. The standard InChI is InChI=1S/C50H28N6O2/c1-3-9-40-33(7-1)49-42(11-5-21-52-49)55(40)31-15-19-46-37(25-31)35-23-29(13-17-44(35)57-46)39-27-51-28-54-48(39)30-14-18-45-36(24-30)38-26-32(16-20-47(38)58-45)56-41-10-4-2-8-34(41)50-43(56)12-6-22-53-50/h1-28H. The van der Waals surface area contributed by atoms with E-state index in [1.807, 2.05) is 42.9 Å². The predicted octanol–water partition coefficient (Wildman–Crippen LogP) is 12.6. The average molecular weight is 745 g/mol. The van der Waals surface area contributed by atoms with Gasteiger partial charge in [0.1, 0.15) is 28.7 Å². The van der Waals surface area contributed by atoms with Gasteiger partial charge in [0.05, 0.1) is 38.8 Å². The molecule has 0 amide bonds. The van der Waals surface area contributed by atoms with Gasteiger partial charge in [-0.25, -0.2) is 9.97 Å². The van der Waals surface area contributed by atoms with Gasteiger partial charge in [-0.15, -0.1) is 0 Å². The lowest BCUT2D eigenvalue weighted by Crippen LogP contribution is -1.93. The number of fused-ring (bicyclic) bond motifs is 12. The maximum Gasteiger partial charge on any atom is 0.135 e. The number of rotatable bonds is 4. The van der Waals surface area contributed by atoms with Crippen LogP contribution in [0.15, 0.2) is 179 Å². The molecule has 0 radical (unpaired) electrons. The second-order valence-electron chi connectivity index (χ2n) is 14.7. The fourth-order valence-corrected chi connectivity index (χ4v) is 9.02. The monoisotopic (exact) mass is 744 g/mol. The number of benzene rings is 6. The Kier molecular flexibility index (Phi) is 6.29. The van der Waals surface area contributed by atoms with Crippen LogP contribution in [0, 0.1) is 0 Å². The van der Waals surface area contributed by atoms with Gasteiger partial charge in [0.2, 0.25) is 0 Å². The number of pyridine rings is 2. The van der Waals surface area contributed by atoms with Gasteiger partial charge in [0.15, 0.2) is 0 Å². The van der Waals surface area contributed by atoms with Crippen molar-refractivity contribution in [2.75, 3.05) is 0 Å². The van der Waals surface area contributed by atoms with Crippen molar-refractivity contribution in [3.8, 4) is 33.8 Å². The molecule has 0 aliphatic heterocycles. The van der Waals surface area contributed by atoms with Crippen molar-refractivity contribution < 1.29 is 8.83 Å². The minimum Gasteiger partial charge on any atom is -0.456 e. The first-order valence-corrected chi connectivity index (χ1v) is 19.2. The van der Waals surface area contributed by atoms with Crippen LogP contribution in [-0.4, -0.2) is 29.1 Å². The zero-order valence-corrected chi connectivity index (χ0v) is 30.7. The maximum atomic E-state index is 6.40. The molecule has 8 nitrogen and oxygen atoms in total. The zero-order valence-electron chi connectivity index (χ0n) is 30.7. The van der Waals surface area contributed by atoms with Crippen LogP contribution >= 0.6 is 0 Å². The Morgan fingerprint density at radius 3 is 1.47 bits per heavy atom. The fraction of sp³-hybridized carbons (Fsp3) is 0. The van der Waals surface area contributed by atoms with Crippen molar-refractivity contribution in [1.82, 2.24) is 29.1 Å². The van der Waals surface area contributed by atoms with E-state index in [4.69, 9.17) is 23.8 Å². The van der Waals surface area contributed by atoms with Crippen LogP contribution < -0.4 is 0 Å². The van der Waals surface area contributed by atoms with E-state index in [0.717, 1.165) is 122 Å². The summed E-state index contributed by atoms with van der Waals surface area (Å²) in [6.07, 6.45) is 7.22. The Labute approximate surface area is 328 Å². The molecule has 0 saturated carbocycles. The van der Waals surface area contributed by atoms with Crippen molar-refractivity contribution in [3.05, 3.63) is 171 Å². The van der Waals surface area contributed by atoms with Gasteiger partial charge in [-0.05, 0) is 109 Å². The molecule has 0 atom stereocenters. The highest BCUT2D eigenvalue weighted by Crippen LogP contribution is 2.40. The molecule has 13 aromatic rings. The molecule has 13 rings (SSSR count). The highest BCUT2D eigenvalue weighted by atomic mass is 16.3. The third-order valence-electron chi connectivity index (χ3n) is 11.6. The van der Waals surface area contributed by atoms with Crippen LogP contribution in [0.2, 0.25) is 0 Å². The lowest BCUT2D eigenvalue weighted by molar-refractivity contribution is 0.668. The van der Waals surface area contributed by atoms with Gasteiger partial charge < -0.3 is 18.0 Å². The molecular weight excluding hydrogens is 717 g/mol. The minimum absolute atomic E-state index is 0.816.